The number of alkyl halides is 2. The number of carbonyl (C=O) groups excluding carboxylic acids is 1. The Hall–Kier alpha value is -1.89. The van der Waals surface area contributed by atoms with Gasteiger partial charge in [-0.3, -0.25) is 4.79 Å². The summed E-state index contributed by atoms with van der Waals surface area (Å²) in [4.78, 5) is 11.7. The van der Waals surface area contributed by atoms with E-state index >= 15 is 0 Å². The normalized spacial score (nSPS) is 10.5. The Balaban J connectivity index is 2.43. The van der Waals surface area contributed by atoms with Gasteiger partial charge in [-0.05, 0) is 12.1 Å². The SMILES string of the molecule is COc1cc(N)cc(C(=O)NCCOCC(F)F)c1. The van der Waals surface area contributed by atoms with Crippen LogP contribution < -0.4 is 15.8 Å². The molecule has 0 aliphatic carbocycles. The fourth-order valence-electron chi connectivity index (χ4n) is 1.38. The summed E-state index contributed by atoms with van der Waals surface area (Å²) in [6.45, 7) is -0.472. The number of halogens is 2. The molecule has 19 heavy (non-hydrogen) atoms. The van der Waals surface area contributed by atoms with E-state index in [4.69, 9.17) is 10.5 Å². The number of nitrogens with two attached hydrogens (primary N) is 1. The van der Waals surface area contributed by atoms with E-state index < -0.39 is 13.0 Å². The summed E-state index contributed by atoms with van der Waals surface area (Å²) in [7, 11) is 1.47. The molecular formula is C12H16F2N2O3. The van der Waals surface area contributed by atoms with Crippen LogP contribution in [-0.2, 0) is 4.74 Å². The smallest absolute Gasteiger partial charge is 0.261 e. The zero-order valence-corrected chi connectivity index (χ0v) is 10.5. The quantitative estimate of drug-likeness (QED) is 0.580. The van der Waals surface area contributed by atoms with Crippen LogP contribution >= 0.6 is 0 Å². The van der Waals surface area contributed by atoms with E-state index in [1.165, 1.54) is 19.2 Å². The Labute approximate surface area is 109 Å². The standard InChI is InChI=1S/C12H16F2N2O3/c1-18-10-5-8(4-9(15)6-10)12(17)16-2-3-19-7-11(13)14/h4-6,11H,2-3,7,15H2,1H3,(H,16,17). The van der Waals surface area contributed by atoms with Crippen molar-refractivity contribution in [2.45, 2.75) is 6.43 Å². The van der Waals surface area contributed by atoms with Gasteiger partial charge in [-0.1, -0.05) is 0 Å². The van der Waals surface area contributed by atoms with Crippen LogP contribution in [0, 0.1) is 0 Å². The third-order valence-electron chi connectivity index (χ3n) is 2.20. The highest BCUT2D eigenvalue weighted by Crippen LogP contribution is 2.18. The lowest BCUT2D eigenvalue weighted by molar-refractivity contribution is 0.0188. The first kappa shape index (κ1) is 15.2. The van der Waals surface area contributed by atoms with Gasteiger partial charge in [0, 0.05) is 23.9 Å². The average Bonchev–Trinajstić information content (AvgIpc) is 2.36. The van der Waals surface area contributed by atoms with E-state index in [0.29, 0.717) is 17.0 Å². The van der Waals surface area contributed by atoms with Gasteiger partial charge in [-0.2, -0.15) is 0 Å². The van der Waals surface area contributed by atoms with Gasteiger partial charge in [-0.25, -0.2) is 8.78 Å². The number of anilines is 1. The Morgan fingerprint density at radius 1 is 1.42 bits per heavy atom. The van der Waals surface area contributed by atoms with Gasteiger partial charge in [0.05, 0.1) is 13.7 Å². The third-order valence-corrected chi connectivity index (χ3v) is 2.20. The summed E-state index contributed by atoms with van der Waals surface area (Å²) in [6.07, 6.45) is -2.51. The molecular weight excluding hydrogens is 258 g/mol. The second-order valence-corrected chi connectivity index (χ2v) is 3.72. The molecule has 0 radical (unpaired) electrons. The maximum Gasteiger partial charge on any atom is 0.261 e. The van der Waals surface area contributed by atoms with Gasteiger partial charge in [0.25, 0.3) is 12.3 Å². The maximum absolute atomic E-state index is 11.8. The minimum Gasteiger partial charge on any atom is -0.497 e. The van der Waals surface area contributed by atoms with Crippen LogP contribution in [0.1, 0.15) is 10.4 Å². The molecule has 7 heteroatoms. The zero-order valence-electron chi connectivity index (χ0n) is 10.5. The minimum atomic E-state index is -2.51. The number of methoxy groups -OCH3 is 1. The number of benzene rings is 1. The van der Waals surface area contributed by atoms with Gasteiger partial charge in [0.15, 0.2) is 0 Å². The maximum atomic E-state index is 11.8. The summed E-state index contributed by atoms with van der Waals surface area (Å²) < 4.78 is 33.2. The van der Waals surface area contributed by atoms with Crippen LogP contribution in [0.2, 0.25) is 0 Å². The van der Waals surface area contributed by atoms with Crippen molar-refractivity contribution in [2.24, 2.45) is 0 Å². The second-order valence-electron chi connectivity index (χ2n) is 3.72. The molecule has 1 rings (SSSR count). The average molecular weight is 274 g/mol. The molecule has 3 N–H and O–H groups in total. The number of carbonyl (C=O) groups is 1. The van der Waals surface area contributed by atoms with Crippen molar-refractivity contribution >= 4 is 11.6 Å². The first-order valence-electron chi connectivity index (χ1n) is 5.61. The molecule has 1 amide bonds. The summed E-state index contributed by atoms with van der Waals surface area (Å²) in [5.74, 6) is 0.102. The molecule has 0 bridgehead atoms. The Morgan fingerprint density at radius 3 is 2.79 bits per heavy atom. The van der Waals surface area contributed by atoms with E-state index in [-0.39, 0.29) is 19.1 Å². The van der Waals surface area contributed by atoms with Crippen molar-refractivity contribution in [2.75, 3.05) is 32.6 Å². The highest BCUT2D eigenvalue weighted by atomic mass is 19.3. The predicted molar refractivity (Wildman–Crippen MR) is 66.6 cm³/mol. The van der Waals surface area contributed by atoms with Gasteiger partial charge in [0.1, 0.15) is 12.4 Å². The molecule has 0 heterocycles. The molecule has 106 valence electrons. The van der Waals surface area contributed by atoms with Gasteiger partial charge < -0.3 is 20.5 Å². The molecule has 1 aromatic rings. The molecule has 0 unspecified atom stereocenters. The summed E-state index contributed by atoms with van der Waals surface area (Å²) >= 11 is 0. The zero-order chi connectivity index (χ0) is 14.3. The monoisotopic (exact) mass is 274 g/mol. The van der Waals surface area contributed by atoms with Crippen molar-refractivity contribution in [1.29, 1.82) is 0 Å². The van der Waals surface area contributed by atoms with Crippen molar-refractivity contribution in [3.8, 4) is 5.75 Å². The summed E-state index contributed by atoms with van der Waals surface area (Å²) in [6, 6.07) is 4.62. The van der Waals surface area contributed by atoms with E-state index in [2.05, 4.69) is 10.1 Å². The van der Waals surface area contributed by atoms with E-state index in [0.717, 1.165) is 0 Å². The molecule has 0 aromatic heterocycles. The van der Waals surface area contributed by atoms with Crippen LogP contribution in [0.4, 0.5) is 14.5 Å². The molecule has 0 fully saturated rings. The second kappa shape index (κ2) is 7.52. The molecule has 0 saturated carbocycles. The number of rotatable bonds is 7. The Morgan fingerprint density at radius 2 is 2.16 bits per heavy atom. The van der Waals surface area contributed by atoms with Gasteiger partial charge >= 0.3 is 0 Å². The lowest BCUT2D eigenvalue weighted by Gasteiger charge is -2.08. The largest absolute Gasteiger partial charge is 0.497 e. The lowest BCUT2D eigenvalue weighted by atomic mass is 10.2. The molecule has 0 saturated heterocycles. The van der Waals surface area contributed by atoms with Crippen molar-refractivity contribution in [1.82, 2.24) is 5.32 Å². The fourth-order valence-corrected chi connectivity index (χ4v) is 1.38. The van der Waals surface area contributed by atoms with Crippen LogP contribution in [0.5, 0.6) is 5.75 Å². The number of nitrogen functional groups attached to an aromatic ring is 1. The van der Waals surface area contributed by atoms with Gasteiger partial charge in [-0.15, -0.1) is 0 Å². The molecule has 0 aliphatic heterocycles. The van der Waals surface area contributed by atoms with Crippen molar-refractivity contribution < 1.29 is 23.0 Å². The topological polar surface area (TPSA) is 73.6 Å². The molecule has 1 aromatic carbocycles. The molecule has 0 atom stereocenters. The fraction of sp³-hybridized carbons (Fsp3) is 0.417. The number of nitrogens with one attached hydrogen (secondary N) is 1. The Kier molecular flexibility index (Phi) is 6.01. The summed E-state index contributed by atoms with van der Waals surface area (Å²) in [5, 5.41) is 2.53. The van der Waals surface area contributed by atoms with Crippen LogP contribution in [0.3, 0.4) is 0 Å². The van der Waals surface area contributed by atoms with Crippen LogP contribution in [0.15, 0.2) is 18.2 Å². The number of hydrogen-bond acceptors (Lipinski definition) is 4. The molecule has 5 nitrogen and oxygen atoms in total. The van der Waals surface area contributed by atoms with E-state index in [1.54, 1.807) is 6.07 Å². The van der Waals surface area contributed by atoms with Gasteiger partial charge in [0.2, 0.25) is 0 Å². The van der Waals surface area contributed by atoms with E-state index in [1.807, 2.05) is 0 Å². The highest BCUT2D eigenvalue weighted by Gasteiger charge is 2.08. The highest BCUT2D eigenvalue weighted by molar-refractivity contribution is 5.95. The number of amides is 1. The Bertz CT molecular complexity index is 427. The summed E-state index contributed by atoms with van der Waals surface area (Å²) in [5.41, 5.74) is 6.35. The van der Waals surface area contributed by atoms with E-state index in [9.17, 15) is 13.6 Å². The predicted octanol–water partition coefficient (Wildman–Crippen LogP) is 1.29. The lowest BCUT2D eigenvalue weighted by Crippen LogP contribution is -2.27. The van der Waals surface area contributed by atoms with Crippen molar-refractivity contribution in [3.63, 3.8) is 0 Å². The van der Waals surface area contributed by atoms with Crippen LogP contribution in [0.25, 0.3) is 0 Å². The first-order chi connectivity index (χ1) is 9.02. The molecule has 0 spiro atoms. The number of ether oxygens (including phenoxy) is 2. The third kappa shape index (κ3) is 5.52. The van der Waals surface area contributed by atoms with Crippen molar-refractivity contribution in [3.05, 3.63) is 23.8 Å². The minimum absolute atomic E-state index is 0.0233. The first-order valence-corrected chi connectivity index (χ1v) is 5.61. The van der Waals surface area contributed by atoms with Crippen LogP contribution in [-0.4, -0.2) is 39.2 Å². The molecule has 0 aliphatic rings. The number of hydrogen-bond donors (Lipinski definition) is 2.